The smallest absolute Gasteiger partial charge is 0.306 e. The largest absolute Gasteiger partial charge is 0.450 e. The third-order valence-electron chi connectivity index (χ3n) is 2.25. The fourth-order valence-electron chi connectivity index (χ4n) is 1.32. The molecule has 0 aliphatic heterocycles. The summed E-state index contributed by atoms with van der Waals surface area (Å²) in [5, 5.41) is 11.5. The van der Waals surface area contributed by atoms with E-state index in [4.69, 9.17) is 16.9 Å². The first-order chi connectivity index (χ1) is 9.13. The zero-order chi connectivity index (χ0) is 14.1. The number of carbonyl (C=O) groups is 2. The Balaban J connectivity index is 2.23. The molecule has 0 aliphatic rings. The number of rotatable bonds is 6. The maximum absolute atomic E-state index is 11.7. The van der Waals surface area contributed by atoms with E-state index in [0.29, 0.717) is 23.6 Å². The van der Waals surface area contributed by atoms with E-state index in [1.807, 2.05) is 0 Å². The van der Waals surface area contributed by atoms with Crippen LogP contribution >= 0.6 is 11.6 Å². The highest BCUT2D eigenvalue weighted by molar-refractivity contribution is 6.30. The fraction of sp³-hybridized carbons (Fsp3) is 0.308. The number of ether oxygens (including phenoxy) is 1. The molecule has 1 amide bonds. The number of benzene rings is 1. The number of amides is 1. The van der Waals surface area contributed by atoms with Crippen molar-refractivity contribution in [3.63, 3.8) is 0 Å². The van der Waals surface area contributed by atoms with Crippen LogP contribution in [0.3, 0.4) is 0 Å². The molecule has 0 radical (unpaired) electrons. The number of hydrogen-bond acceptors (Lipinski definition) is 4. The molecular weight excluding hydrogens is 268 g/mol. The monoisotopic (exact) mass is 280 g/mol. The predicted molar refractivity (Wildman–Crippen MR) is 69.6 cm³/mol. The number of nitrogens with one attached hydrogen (secondary N) is 1. The van der Waals surface area contributed by atoms with Gasteiger partial charge >= 0.3 is 5.97 Å². The first kappa shape index (κ1) is 15.0. The van der Waals surface area contributed by atoms with Crippen LogP contribution in [0.15, 0.2) is 24.3 Å². The van der Waals surface area contributed by atoms with E-state index >= 15 is 0 Å². The van der Waals surface area contributed by atoms with Gasteiger partial charge in [0.05, 0.1) is 0 Å². The van der Waals surface area contributed by atoms with Crippen molar-refractivity contribution in [2.75, 3.05) is 13.2 Å². The van der Waals surface area contributed by atoms with Gasteiger partial charge < -0.3 is 10.1 Å². The lowest BCUT2D eigenvalue weighted by Gasteiger charge is -2.05. The van der Waals surface area contributed by atoms with Gasteiger partial charge in [-0.1, -0.05) is 11.6 Å². The fourth-order valence-corrected chi connectivity index (χ4v) is 1.45. The van der Waals surface area contributed by atoms with E-state index in [9.17, 15) is 9.59 Å². The van der Waals surface area contributed by atoms with Crippen molar-refractivity contribution in [1.82, 2.24) is 5.32 Å². The topological polar surface area (TPSA) is 79.2 Å². The van der Waals surface area contributed by atoms with E-state index in [0.717, 1.165) is 0 Å². The molecule has 0 saturated carbocycles. The molecule has 1 rings (SSSR count). The molecule has 0 spiro atoms. The maximum atomic E-state index is 11.7. The summed E-state index contributed by atoms with van der Waals surface area (Å²) in [4.78, 5) is 22.7. The van der Waals surface area contributed by atoms with Gasteiger partial charge in [0.1, 0.15) is 6.07 Å². The van der Waals surface area contributed by atoms with Gasteiger partial charge in [-0.25, -0.2) is 0 Å². The highest BCUT2D eigenvalue weighted by Crippen LogP contribution is 2.09. The number of nitrogens with zero attached hydrogens (tertiary/aromatic N) is 1. The minimum absolute atomic E-state index is 0.169. The summed E-state index contributed by atoms with van der Waals surface area (Å²) < 4.78 is 4.57. The van der Waals surface area contributed by atoms with Crippen LogP contribution in [-0.4, -0.2) is 25.0 Å². The average molecular weight is 281 g/mol. The Hall–Kier alpha value is -2.06. The summed E-state index contributed by atoms with van der Waals surface area (Å²) in [6, 6.07) is 8.23. The van der Waals surface area contributed by atoms with Crippen LogP contribution in [0.5, 0.6) is 0 Å². The summed E-state index contributed by atoms with van der Waals surface area (Å²) in [5.41, 5.74) is 0.511. The Kier molecular flexibility index (Phi) is 6.41. The average Bonchev–Trinajstić information content (AvgIpc) is 2.41. The number of nitriles is 1. The summed E-state index contributed by atoms with van der Waals surface area (Å²) in [6.07, 6.45) is 0.631. The van der Waals surface area contributed by atoms with Crippen LogP contribution in [0.2, 0.25) is 5.02 Å². The minimum atomic E-state index is -0.442. The standard InChI is InChI=1S/C13H13ClN2O3/c14-11-5-3-10(4-6-11)13(18)16-8-1-2-12(17)19-9-7-15/h3-6H,1-2,8-9H2,(H,16,18). The van der Waals surface area contributed by atoms with E-state index in [1.165, 1.54) is 0 Å². The molecule has 1 N–H and O–H groups in total. The van der Waals surface area contributed by atoms with Crippen LogP contribution in [0.25, 0.3) is 0 Å². The number of carbonyl (C=O) groups excluding carboxylic acids is 2. The molecule has 1 aromatic rings. The molecule has 0 atom stereocenters. The summed E-state index contributed by atoms with van der Waals surface area (Å²) in [6.45, 7) is 0.124. The van der Waals surface area contributed by atoms with Crippen molar-refractivity contribution >= 4 is 23.5 Å². The van der Waals surface area contributed by atoms with Crippen molar-refractivity contribution in [3.8, 4) is 6.07 Å². The van der Waals surface area contributed by atoms with Crippen molar-refractivity contribution in [2.45, 2.75) is 12.8 Å². The lowest BCUT2D eigenvalue weighted by Crippen LogP contribution is -2.25. The predicted octanol–water partition coefficient (Wildman–Crippen LogP) is 1.92. The van der Waals surface area contributed by atoms with Gasteiger partial charge in [0.25, 0.3) is 5.91 Å². The Labute approximate surface area is 116 Å². The first-order valence-corrected chi connectivity index (χ1v) is 6.07. The lowest BCUT2D eigenvalue weighted by molar-refractivity contribution is -0.142. The molecule has 6 heteroatoms. The highest BCUT2D eigenvalue weighted by Gasteiger charge is 2.06. The van der Waals surface area contributed by atoms with Crippen molar-refractivity contribution in [3.05, 3.63) is 34.9 Å². The molecular formula is C13H13ClN2O3. The Morgan fingerprint density at radius 2 is 2.00 bits per heavy atom. The molecule has 0 heterocycles. The van der Waals surface area contributed by atoms with Gasteiger partial charge in [-0.3, -0.25) is 9.59 Å². The third kappa shape index (κ3) is 5.89. The van der Waals surface area contributed by atoms with Crippen LogP contribution in [-0.2, 0) is 9.53 Å². The van der Waals surface area contributed by atoms with Gasteiger partial charge in [0.15, 0.2) is 6.61 Å². The summed E-state index contributed by atoms with van der Waals surface area (Å²) in [7, 11) is 0. The normalized spacial score (nSPS) is 9.47. The Bertz CT molecular complexity index is 480. The summed E-state index contributed by atoms with van der Waals surface area (Å²) >= 11 is 5.71. The van der Waals surface area contributed by atoms with Gasteiger partial charge in [0.2, 0.25) is 0 Å². The molecule has 5 nitrogen and oxygen atoms in total. The maximum Gasteiger partial charge on any atom is 0.306 e. The summed E-state index contributed by atoms with van der Waals surface area (Å²) in [5.74, 6) is -0.663. The van der Waals surface area contributed by atoms with E-state index < -0.39 is 5.97 Å². The van der Waals surface area contributed by atoms with Crippen molar-refractivity contribution in [1.29, 1.82) is 5.26 Å². The molecule has 100 valence electrons. The van der Waals surface area contributed by atoms with Gasteiger partial charge in [-0.15, -0.1) is 0 Å². The molecule has 0 aromatic heterocycles. The van der Waals surface area contributed by atoms with E-state index in [-0.39, 0.29) is 18.9 Å². The minimum Gasteiger partial charge on any atom is -0.450 e. The van der Waals surface area contributed by atoms with Crippen molar-refractivity contribution < 1.29 is 14.3 Å². The second kappa shape index (κ2) is 8.11. The lowest BCUT2D eigenvalue weighted by atomic mass is 10.2. The SMILES string of the molecule is N#CCOC(=O)CCCNC(=O)c1ccc(Cl)cc1. The van der Waals surface area contributed by atoms with Crippen LogP contribution in [0, 0.1) is 11.3 Å². The molecule has 0 fully saturated rings. The Morgan fingerprint density at radius 1 is 1.32 bits per heavy atom. The number of halogens is 1. The second-order valence-electron chi connectivity index (χ2n) is 3.69. The number of hydrogen-bond donors (Lipinski definition) is 1. The van der Waals surface area contributed by atoms with E-state index in [1.54, 1.807) is 30.3 Å². The van der Waals surface area contributed by atoms with Gasteiger partial charge in [-0.2, -0.15) is 5.26 Å². The van der Waals surface area contributed by atoms with E-state index in [2.05, 4.69) is 10.1 Å². The quantitative estimate of drug-likeness (QED) is 0.638. The van der Waals surface area contributed by atoms with Crippen LogP contribution < -0.4 is 5.32 Å². The van der Waals surface area contributed by atoms with Crippen LogP contribution in [0.1, 0.15) is 23.2 Å². The highest BCUT2D eigenvalue weighted by atomic mass is 35.5. The molecule has 1 aromatic carbocycles. The first-order valence-electron chi connectivity index (χ1n) is 5.70. The molecule has 0 bridgehead atoms. The Morgan fingerprint density at radius 3 is 2.63 bits per heavy atom. The molecule has 0 saturated heterocycles. The number of esters is 1. The van der Waals surface area contributed by atoms with Crippen molar-refractivity contribution in [2.24, 2.45) is 0 Å². The second-order valence-corrected chi connectivity index (χ2v) is 4.12. The van der Waals surface area contributed by atoms with Gasteiger partial charge in [-0.05, 0) is 30.7 Å². The third-order valence-corrected chi connectivity index (χ3v) is 2.50. The molecule has 0 aliphatic carbocycles. The molecule has 19 heavy (non-hydrogen) atoms. The molecule has 0 unspecified atom stereocenters. The zero-order valence-corrected chi connectivity index (χ0v) is 10.9. The zero-order valence-electron chi connectivity index (χ0n) is 10.2. The van der Waals surface area contributed by atoms with Crippen LogP contribution in [0.4, 0.5) is 0 Å². The van der Waals surface area contributed by atoms with Gasteiger partial charge in [0, 0.05) is 23.6 Å².